The summed E-state index contributed by atoms with van der Waals surface area (Å²) in [6.45, 7) is 2.54. The summed E-state index contributed by atoms with van der Waals surface area (Å²) in [4.78, 5) is 29.2. The number of benzene rings is 3. The predicted octanol–water partition coefficient (Wildman–Crippen LogP) is 3.60. The number of hydrogen-bond acceptors (Lipinski definition) is 5. The number of nitrogens with zero attached hydrogens (tertiary/aromatic N) is 2. The third-order valence-corrected chi connectivity index (χ3v) is 6.53. The highest BCUT2D eigenvalue weighted by Gasteiger charge is 2.17. The number of imidazole rings is 1. The molecule has 9 nitrogen and oxygen atoms in total. The van der Waals surface area contributed by atoms with E-state index in [0.717, 1.165) is 6.42 Å². The molecule has 0 spiro atoms. The average molecular weight is 478 g/mol. The van der Waals surface area contributed by atoms with E-state index >= 15 is 0 Å². The van der Waals surface area contributed by atoms with Gasteiger partial charge in [0.1, 0.15) is 0 Å². The van der Waals surface area contributed by atoms with Gasteiger partial charge >= 0.3 is 0 Å². The minimum Gasteiger partial charge on any atom is -0.366 e. The van der Waals surface area contributed by atoms with Gasteiger partial charge in [-0.25, -0.2) is 13.4 Å². The van der Waals surface area contributed by atoms with Crippen molar-refractivity contribution in [2.45, 2.75) is 24.8 Å². The standard InChI is InChI=1S/C24H23N5O4S/c1-2-13-29-21-15-16(22(25)30)11-12-20(21)26-24(29)27-23(31)17-7-6-8-18(14-17)28-34(32,33)19-9-4-3-5-10-19/h3-12,14-15,28H,2,13H2,1H3,(H2,25,30)(H,26,27,31). The Bertz CT molecular complexity index is 1480. The molecule has 174 valence electrons. The lowest BCUT2D eigenvalue weighted by atomic mass is 10.2. The van der Waals surface area contributed by atoms with Gasteiger partial charge in [0.15, 0.2) is 0 Å². The first-order valence-electron chi connectivity index (χ1n) is 10.6. The number of carbonyl (C=O) groups excluding carboxylic acids is 2. The van der Waals surface area contributed by atoms with Crippen molar-refractivity contribution in [1.29, 1.82) is 0 Å². The number of sulfonamides is 1. The highest BCUT2D eigenvalue weighted by Crippen LogP contribution is 2.23. The predicted molar refractivity (Wildman–Crippen MR) is 130 cm³/mol. The normalized spacial score (nSPS) is 11.3. The van der Waals surface area contributed by atoms with Gasteiger partial charge in [0.25, 0.3) is 15.9 Å². The Morgan fingerprint density at radius 1 is 0.971 bits per heavy atom. The van der Waals surface area contributed by atoms with Crippen LogP contribution in [0.1, 0.15) is 34.1 Å². The topological polar surface area (TPSA) is 136 Å². The number of aryl methyl sites for hydroxylation is 1. The van der Waals surface area contributed by atoms with Gasteiger partial charge in [0.2, 0.25) is 11.9 Å². The number of anilines is 2. The second kappa shape index (κ2) is 9.36. The van der Waals surface area contributed by atoms with Crippen molar-refractivity contribution >= 4 is 44.5 Å². The van der Waals surface area contributed by atoms with Gasteiger partial charge in [-0.1, -0.05) is 31.2 Å². The molecule has 0 fully saturated rings. The molecule has 3 aromatic carbocycles. The van der Waals surface area contributed by atoms with Gasteiger partial charge in [0.05, 0.1) is 15.9 Å². The maximum atomic E-state index is 13.0. The van der Waals surface area contributed by atoms with Crippen molar-refractivity contribution in [3.8, 4) is 0 Å². The van der Waals surface area contributed by atoms with Crippen LogP contribution in [0.15, 0.2) is 77.7 Å². The summed E-state index contributed by atoms with van der Waals surface area (Å²) in [5.74, 6) is -0.686. The van der Waals surface area contributed by atoms with Crippen molar-refractivity contribution in [2.75, 3.05) is 10.0 Å². The quantitative estimate of drug-likeness (QED) is 0.356. The molecule has 0 aliphatic rings. The molecule has 10 heteroatoms. The molecule has 0 radical (unpaired) electrons. The van der Waals surface area contributed by atoms with Gasteiger partial charge < -0.3 is 10.3 Å². The number of rotatable bonds is 8. The van der Waals surface area contributed by atoms with E-state index in [9.17, 15) is 18.0 Å². The molecule has 0 saturated heterocycles. The number of hydrogen-bond donors (Lipinski definition) is 3. The summed E-state index contributed by atoms with van der Waals surface area (Å²) in [7, 11) is -3.79. The maximum Gasteiger partial charge on any atom is 0.261 e. The maximum absolute atomic E-state index is 13.0. The van der Waals surface area contributed by atoms with Crippen molar-refractivity contribution < 1.29 is 18.0 Å². The molecule has 1 heterocycles. The van der Waals surface area contributed by atoms with Crippen molar-refractivity contribution in [3.05, 3.63) is 83.9 Å². The number of fused-ring (bicyclic) bond motifs is 1. The SMILES string of the molecule is CCCn1c(NC(=O)c2cccc(NS(=O)(=O)c3ccccc3)c2)nc2ccc(C(N)=O)cc21. The minimum atomic E-state index is -3.79. The molecule has 4 N–H and O–H groups in total. The molecule has 0 aliphatic carbocycles. The number of aromatic nitrogens is 2. The first kappa shape index (κ1) is 23.0. The lowest BCUT2D eigenvalue weighted by molar-refractivity contribution is 0.0997. The van der Waals surface area contributed by atoms with E-state index in [1.54, 1.807) is 54.6 Å². The highest BCUT2D eigenvalue weighted by atomic mass is 32.2. The Morgan fingerprint density at radius 3 is 2.44 bits per heavy atom. The van der Waals surface area contributed by atoms with Crippen LogP contribution in [-0.2, 0) is 16.6 Å². The van der Waals surface area contributed by atoms with Crippen LogP contribution in [0, 0.1) is 0 Å². The van der Waals surface area contributed by atoms with Crippen LogP contribution >= 0.6 is 0 Å². The van der Waals surface area contributed by atoms with Gasteiger partial charge in [-0.3, -0.25) is 19.6 Å². The fraction of sp³-hybridized carbons (Fsp3) is 0.125. The summed E-state index contributed by atoms with van der Waals surface area (Å²) in [5.41, 5.74) is 7.54. The second-order valence-electron chi connectivity index (χ2n) is 7.61. The number of carbonyl (C=O) groups is 2. The molecule has 4 aromatic rings. The lowest BCUT2D eigenvalue weighted by Gasteiger charge is -2.11. The van der Waals surface area contributed by atoms with E-state index in [1.165, 1.54) is 18.2 Å². The molecule has 0 atom stereocenters. The third kappa shape index (κ3) is 4.76. The molecule has 1 aromatic heterocycles. The van der Waals surface area contributed by atoms with E-state index in [2.05, 4.69) is 15.0 Å². The number of amides is 2. The molecule has 4 rings (SSSR count). The van der Waals surface area contributed by atoms with Crippen LogP contribution in [0.5, 0.6) is 0 Å². The van der Waals surface area contributed by atoms with Gasteiger partial charge in [-0.2, -0.15) is 0 Å². The summed E-state index contributed by atoms with van der Waals surface area (Å²) >= 11 is 0. The number of nitrogens with one attached hydrogen (secondary N) is 2. The molecule has 0 bridgehead atoms. The largest absolute Gasteiger partial charge is 0.366 e. The highest BCUT2D eigenvalue weighted by molar-refractivity contribution is 7.92. The summed E-state index contributed by atoms with van der Waals surface area (Å²) < 4.78 is 29.5. The zero-order chi connectivity index (χ0) is 24.3. The smallest absolute Gasteiger partial charge is 0.261 e. The van der Waals surface area contributed by atoms with E-state index in [4.69, 9.17) is 5.73 Å². The zero-order valence-electron chi connectivity index (χ0n) is 18.4. The van der Waals surface area contributed by atoms with Gasteiger partial charge in [0, 0.05) is 23.4 Å². The Balaban J connectivity index is 1.61. The molecule has 34 heavy (non-hydrogen) atoms. The first-order chi connectivity index (χ1) is 16.3. The first-order valence-corrected chi connectivity index (χ1v) is 12.1. The van der Waals surface area contributed by atoms with E-state index < -0.39 is 21.8 Å². The molecular weight excluding hydrogens is 454 g/mol. The molecule has 0 unspecified atom stereocenters. The van der Waals surface area contributed by atoms with Crippen molar-refractivity contribution in [3.63, 3.8) is 0 Å². The van der Waals surface area contributed by atoms with E-state index in [1.807, 2.05) is 11.5 Å². The zero-order valence-corrected chi connectivity index (χ0v) is 19.2. The molecule has 0 aliphatic heterocycles. The fourth-order valence-corrected chi connectivity index (χ4v) is 4.60. The Morgan fingerprint density at radius 2 is 1.74 bits per heavy atom. The Labute approximate surface area is 196 Å². The van der Waals surface area contributed by atoms with E-state index in [0.29, 0.717) is 29.1 Å². The van der Waals surface area contributed by atoms with Crippen molar-refractivity contribution in [2.24, 2.45) is 5.73 Å². The summed E-state index contributed by atoms with van der Waals surface area (Å²) in [6.07, 6.45) is 0.770. The van der Waals surface area contributed by atoms with Crippen LogP contribution in [0.2, 0.25) is 0 Å². The molecular formula is C24H23N5O4S. The third-order valence-electron chi connectivity index (χ3n) is 5.14. The minimum absolute atomic E-state index is 0.119. The molecule has 2 amide bonds. The summed E-state index contributed by atoms with van der Waals surface area (Å²) in [5, 5.41) is 2.79. The Hall–Kier alpha value is -4.18. The van der Waals surface area contributed by atoms with Crippen LogP contribution in [0.3, 0.4) is 0 Å². The lowest BCUT2D eigenvalue weighted by Crippen LogP contribution is -2.17. The second-order valence-corrected chi connectivity index (χ2v) is 9.29. The number of primary amides is 1. The van der Waals surface area contributed by atoms with Crippen molar-refractivity contribution in [1.82, 2.24) is 9.55 Å². The number of nitrogens with two attached hydrogens (primary N) is 1. The van der Waals surface area contributed by atoms with Gasteiger partial charge in [-0.15, -0.1) is 0 Å². The summed E-state index contributed by atoms with van der Waals surface area (Å²) in [6, 6.07) is 19.1. The fourth-order valence-electron chi connectivity index (χ4n) is 3.53. The monoisotopic (exact) mass is 477 g/mol. The van der Waals surface area contributed by atoms with Crippen LogP contribution in [0.4, 0.5) is 11.6 Å². The van der Waals surface area contributed by atoms with Crippen LogP contribution < -0.4 is 15.8 Å². The Kier molecular flexibility index (Phi) is 6.33. The van der Waals surface area contributed by atoms with Crippen LogP contribution in [-0.4, -0.2) is 29.8 Å². The molecule has 0 saturated carbocycles. The van der Waals surface area contributed by atoms with E-state index in [-0.39, 0.29) is 16.1 Å². The van der Waals surface area contributed by atoms with Gasteiger partial charge in [-0.05, 0) is 55.0 Å². The van der Waals surface area contributed by atoms with Crippen LogP contribution in [0.25, 0.3) is 11.0 Å². The average Bonchev–Trinajstić information content (AvgIpc) is 3.16.